The van der Waals surface area contributed by atoms with Gasteiger partial charge in [-0.1, -0.05) is 54.2 Å². The zero-order chi connectivity index (χ0) is 19.2. The minimum absolute atomic E-state index is 0.0875. The quantitative estimate of drug-likeness (QED) is 0.594. The maximum atomic E-state index is 13.0. The Labute approximate surface area is 162 Å². The Bertz CT molecular complexity index is 894. The summed E-state index contributed by atoms with van der Waals surface area (Å²) in [5.41, 5.74) is 4.08. The Balaban J connectivity index is 1.53. The molecule has 0 radical (unpaired) electrons. The summed E-state index contributed by atoms with van der Waals surface area (Å²) in [5, 5.41) is 3.66. The van der Waals surface area contributed by atoms with Crippen LogP contribution in [0.4, 0.5) is 4.39 Å². The van der Waals surface area contributed by atoms with Crippen LogP contribution in [0.2, 0.25) is 0 Å². The van der Waals surface area contributed by atoms with Crippen molar-refractivity contribution in [2.45, 2.75) is 31.5 Å². The largest absolute Gasteiger partial charge is 0.349 e. The third-order valence-electron chi connectivity index (χ3n) is 4.27. The van der Waals surface area contributed by atoms with Gasteiger partial charge in [-0.25, -0.2) is 9.37 Å². The molecule has 1 heterocycles. The molecule has 3 rings (SSSR count). The van der Waals surface area contributed by atoms with Gasteiger partial charge in [0, 0.05) is 12.1 Å². The van der Waals surface area contributed by atoms with E-state index in [-0.39, 0.29) is 23.5 Å². The van der Waals surface area contributed by atoms with Crippen LogP contribution >= 0.6 is 11.8 Å². The molecule has 0 fully saturated rings. The topological polar surface area (TPSA) is 57.8 Å². The van der Waals surface area contributed by atoms with Crippen LogP contribution in [-0.2, 0) is 11.2 Å². The summed E-state index contributed by atoms with van der Waals surface area (Å²) >= 11 is 1.38. The van der Waals surface area contributed by atoms with Crippen LogP contribution in [0, 0.1) is 12.7 Å². The lowest BCUT2D eigenvalue weighted by atomic mass is 10.1. The number of imidazole rings is 1. The van der Waals surface area contributed by atoms with Gasteiger partial charge >= 0.3 is 0 Å². The molecule has 0 aliphatic carbocycles. The molecular formula is C21H22FN3OS. The van der Waals surface area contributed by atoms with E-state index in [0.29, 0.717) is 0 Å². The lowest BCUT2D eigenvalue weighted by molar-refractivity contribution is -0.119. The Kier molecular flexibility index (Phi) is 6.29. The van der Waals surface area contributed by atoms with Crippen LogP contribution in [0.1, 0.15) is 35.5 Å². The van der Waals surface area contributed by atoms with Gasteiger partial charge in [0.05, 0.1) is 17.5 Å². The van der Waals surface area contributed by atoms with Gasteiger partial charge in [0.15, 0.2) is 5.16 Å². The predicted molar refractivity (Wildman–Crippen MR) is 106 cm³/mol. The van der Waals surface area contributed by atoms with Gasteiger partial charge in [0.1, 0.15) is 5.82 Å². The first-order chi connectivity index (χ1) is 13.0. The van der Waals surface area contributed by atoms with Crippen molar-refractivity contribution in [2.24, 2.45) is 0 Å². The summed E-state index contributed by atoms with van der Waals surface area (Å²) in [6, 6.07) is 16.1. The fourth-order valence-corrected chi connectivity index (χ4v) is 3.50. The first-order valence-electron chi connectivity index (χ1n) is 8.78. The number of hydrogen-bond acceptors (Lipinski definition) is 3. The van der Waals surface area contributed by atoms with Gasteiger partial charge in [-0.2, -0.15) is 0 Å². The maximum Gasteiger partial charge on any atom is 0.230 e. The normalized spacial score (nSPS) is 12.0. The summed E-state index contributed by atoms with van der Waals surface area (Å²) < 4.78 is 13.0. The minimum Gasteiger partial charge on any atom is -0.349 e. The molecule has 27 heavy (non-hydrogen) atoms. The van der Waals surface area contributed by atoms with Crippen molar-refractivity contribution in [3.63, 3.8) is 0 Å². The summed E-state index contributed by atoms with van der Waals surface area (Å²) in [5.74, 6) is -0.105. The molecule has 0 aliphatic rings. The second kappa shape index (κ2) is 8.86. The van der Waals surface area contributed by atoms with Crippen molar-refractivity contribution in [1.82, 2.24) is 15.3 Å². The van der Waals surface area contributed by atoms with E-state index < -0.39 is 0 Å². The number of amides is 1. The Morgan fingerprint density at radius 2 is 1.89 bits per heavy atom. The van der Waals surface area contributed by atoms with E-state index >= 15 is 0 Å². The number of benzene rings is 2. The molecule has 4 nitrogen and oxygen atoms in total. The number of H-pyrrole nitrogens is 1. The number of carbonyl (C=O) groups is 1. The average Bonchev–Trinajstić information content (AvgIpc) is 3.01. The minimum atomic E-state index is -0.285. The number of hydrogen-bond donors (Lipinski definition) is 2. The highest BCUT2D eigenvalue weighted by Gasteiger charge is 2.13. The van der Waals surface area contributed by atoms with Crippen molar-refractivity contribution in [2.75, 3.05) is 5.75 Å². The number of aromatic amines is 1. The lowest BCUT2D eigenvalue weighted by Crippen LogP contribution is -2.28. The van der Waals surface area contributed by atoms with E-state index in [1.54, 1.807) is 12.1 Å². The van der Waals surface area contributed by atoms with Gasteiger partial charge in [-0.3, -0.25) is 4.79 Å². The van der Waals surface area contributed by atoms with Crippen LogP contribution < -0.4 is 5.32 Å². The number of aromatic nitrogens is 2. The molecule has 2 N–H and O–H groups in total. The lowest BCUT2D eigenvalue weighted by Gasteiger charge is -2.13. The predicted octanol–water partition coefficient (Wildman–Crippen LogP) is 4.42. The zero-order valence-corrected chi connectivity index (χ0v) is 16.1. The summed E-state index contributed by atoms with van der Waals surface area (Å²) in [6.45, 7) is 3.87. The maximum absolute atomic E-state index is 13.0. The van der Waals surface area contributed by atoms with Crippen molar-refractivity contribution in [1.29, 1.82) is 0 Å². The molecule has 0 saturated carbocycles. The number of rotatable bonds is 7. The molecule has 1 atom stereocenters. The molecular weight excluding hydrogens is 361 g/mol. The van der Waals surface area contributed by atoms with Gasteiger partial charge in [0.25, 0.3) is 0 Å². The fourth-order valence-electron chi connectivity index (χ4n) is 2.75. The number of nitrogens with zero attached hydrogens (tertiary/aromatic N) is 1. The standard InChI is InChI=1S/C21H22FN3OS/c1-14(17-8-10-18(22)11-9-17)23-20(26)13-27-21-24-15(2)19(25-21)12-16-6-4-3-5-7-16/h3-11,14H,12-13H2,1-2H3,(H,23,26)(H,24,25)/t14-/m0/s1. The smallest absolute Gasteiger partial charge is 0.230 e. The van der Waals surface area contributed by atoms with E-state index in [9.17, 15) is 9.18 Å². The summed E-state index contributed by atoms with van der Waals surface area (Å²) in [4.78, 5) is 20.1. The molecule has 2 aromatic carbocycles. The number of halogens is 1. The highest BCUT2D eigenvalue weighted by atomic mass is 32.2. The molecule has 0 unspecified atom stereocenters. The average molecular weight is 383 g/mol. The molecule has 3 aromatic rings. The molecule has 1 aromatic heterocycles. The zero-order valence-electron chi connectivity index (χ0n) is 15.3. The van der Waals surface area contributed by atoms with Gasteiger partial charge in [0.2, 0.25) is 5.91 Å². The molecule has 140 valence electrons. The summed E-state index contributed by atoms with van der Waals surface area (Å²) in [7, 11) is 0. The number of nitrogens with one attached hydrogen (secondary N) is 2. The van der Waals surface area contributed by atoms with Crippen molar-refractivity contribution in [3.8, 4) is 0 Å². The molecule has 0 saturated heterocycles. The van der Waals surface area contributed by atoms with Crippen LogP contribution in [-0.4, -0.2) is 21.6 Å². The third kappa shape index (κ3) is 5.44. The molecule has 0 spiro atoms. The van der Waals surface area contributed by atoms with Crippen molar-refractivity contribution >= 4 is 17.7 Å². The van der Waals surface area contributed by atoms with E-state index in [2.05, 4.69) is 27.4 Å². The summed E-state index contributed by atoms with van der Waals surface area (Å²) in [6.07, 6.45) is 0.761. The van der Waals surface area contributed by atoms with Crippen molar-refractivity contribution in [3.05, 3.63) is 82.9 Å². The van der Waals surface area contributed by atoms with Crippen LogP contribution in [0.5, 0.6) is 0 Å². The van der Waals surface area contributed by atoms with Crippen LogP contribution in [0.25, 0.3) is 0 Å². The first-order valence-corrected chi connectivity index (χ1v) is 9.77. The third-order valence-corrected chi connectivity index (χ3v) is 5.14. The second-order valence-corrected chi connectivity index (χ2v) is 7.37. The molecule has 0 aliphatic heterocycles. The van der Waals surface area contributed by atoms with E-state index in [1.807, 2.05) is 32.0 Å². The molecule has 0 bridgehead atoms. The monoisotopic (exact) mass is 383 g/mol. The fraction of sp³-hybridized carbons (Fsp3) is 0.238. The van der Waals surface area contributed by atoms with Gasteiger partial charge in [-0.05, 0) is 37.1 Å². The SMILES string of the molecule is Cc1[nH]c(SCC(=O)N[C@@H](C)c2ccc(F)cc2)nc1Cc1ccccc1. The highest BCUT2D eigenvalue weighted by Crippen LogP contribution is 2.19. The molecule has 1 amide bonds. The van der Waals surface area contributed by atoms with Crippen LogP contribution in [0.15, 0.2) is 59.8 Å². The Hall–Kier alpha value is -2.60. The highest BCUT2D eigenvalue weighted by molar-refractivity contribution is 7.99. The van der Waals surface area contributed by atoms with Crippen LogP contribution in [0.3, 0.4) is 0 Å². The Morgan fingerprint density at radius 1 is 1.19 bits per heavy atom. The number of thioether (sulfide) groups is 1. The van der Waals surface area contributed by atoms with E-state index in [0.717, 1.165) is 28.5 Å². The number of carbonyl (C=O) groups excluding carboxylic acids is 1. The second-order valence-electron chi connectivity index (χ2n) is 6.41. The van der Waals surface area contributed by atoms with E-state index in [1.165, 1.54) is 29.5 Å². The number of aryl methyl sites for hydroxylation is 1. The molecule has 6 heteroatoms. The van der Waals surface area contributed by atoms with Gasteiger partial charge in [-0.15, -0.1) is 0 Å². The van der Waals surface area contributed by atoms with E-state index in [4.69, 9.17) is 0 Å². The first kappa shape index (κ1) is 19.2. The van der Waals surface area contributed by atoms with Gasteiger partial charge < -0.3 is 10.3 Å². The Morgan fingerprint density at radius 3 is 2.59 bits per heavy atom. The van der Waals surface area contributed by atoms with Crippen molar-refractivity contribution < 1.29 is 9.18 Å².